The minimum atomic E-state index is 0.387. The molecule has 1 heterocycles. The molecule has 0 aromatic heterocycles. The Kier molecular flexibility index (Phi) is 4.42. The third-order valence-corrected chi connectivity index (χ3v) is 4.06. The minimum absolute atomic E-state index is 0.387. The standard InChI is InChI=1S/C12H24N2O/c15-9-11-3-1-2-10(11)8-14-12-4-6-13-7-5-12/h10-15H,1-9H2. The number of hydrogen-bond donors (Lipinski definition) is 3. The van der Waals surface area contributed by atoms with Gasteiger partial charge in [-0.3, -0.25) is 0 Å². The number of nitrogens with one attached hydrogen (secondary N) is 2. The zero-order chi connectivity index (χ0) is 10.5. The Hall–Kier alpha value is -0.120. The molecular weight excluding hydrogens is 188 g/mol. The van der Waals surface area contributed by atoms with E-state index in [-0.39, 0.29) is 0 Å². The highest BCUT2D eigenvalue weighted by Crippen LogP contribution is 2.30. The lowest BCUT2D eigenvalue weighted by Crippen LogP contribution is -2.42. The first-order chi connectivity index (χ1) is 7.40. The Bertz CT molecular complexity index is 180. The van der Waals surface area contributed by atoms with Gasteiger partial charge < -0.3 is 15.7 Å². The van der Waals surface area contributed by atoms with E-state index < -0.39 is 0 Å². The fourth-order valence-electron chi connectivity index (χ4n) is 2.97. The Morgan fingerprint density at radius 3 is 2.53 bits per heavy atom. The third kappa shape index (κ3) is 3.16. The van der Waals surface area contributed by atoms with Crippen LogP contribution in [0.4, 0.5) is 0 Å². The summed E-state index contributed by atoms with van der Waals surface area (Å²) in [6, 6.07) is 0.714. The van der Waals surface area contributed by atoms with Crippen molar-refractivity contribution in [3.63, 3.8) is 0 Å². The maximum absolute atomic E-state index is 9.24. The summed E-state index contributed by atoms with van der Waals surface area (Å²) >= 11 is 0. The second-order valence-electron chi connectivity index (χ2n) is 5.07. The predicted molar refractivity (Wildman–Crippen MR) is 61.8 cm³/mol. The summed E-state index contributed by atoms with van der Waals surface area (Å²) in [5.41, 5.74) is 0. The molecule has 2 fully saturated rings. The van der Waals surface area contributed by atoms with Crippen molar-refractivity contribution >= 4 is 0 Å². The van der Waals surface area contributed by atoms with Gasteiger partial charge in [0.25, 0.3) is 0 Å². The van der Waals surface area contributed by atoms with Crippen LogP contribution in [0.5, 0.6) is 0 Å². The SMILES string of the molecule is OCC1CCCC1CNC1CCNCC1. The molecule has 1 saturated carbocycles. The average Bonchev–Trinajstić information content (AvgIpc) is 2.75. The first-order valence-electron chi connectivity index (χ1n) is 6.45. The van der Waals surface area contributed by atoms with Gasteiger partial charge in [0.1, 0.15) is 0 Å². The summed E-state index contributed by atoms with van der Waals surface area (Å²) in [7, 11) is 0. The maximum atomic E-state index is 9.24. The van der Waals surface area contributed by atoms with E-state index in [1.807, 2.05) is 0 Å². The highest BCUT2D eigenvalue weighted by Gasteiger charge is 2.26. The van der Waals surface area contributed by atoms with Gasteiger partial charge in [-0.25, -0.2) is 0 Å². The van der Waals surface area contributed by atoms with Gasteiger partial charge in [-0.2, -0.15) is 0 Å². The summed E-state index contributed by atoms with van der Waals surface area (Å²) in [6.07, 6.45) is 6.37. The Morgan fingerprint density at radius 1 is 1.07 bits per heavy atom. The van der Waals surface area contributed by atoms with Gasteiger partial charge in [0.2, 0.25) is 0 Å². The molecule has 3 N–H and O–H groups in total. The molecule has 0 radical (unpaired) electrons. The van der Waals surface area contributed by atoms with Gasteiger partial charge >= 0.3 is 0 Å². The molecule has 2 unspecified atom stereocenters. The Labute approximate surface area is 92.6 Å². The first-order valence-corrected chi connectivity index (χ1v) is 6.45. The highest BCUT2D eigenvalue weighted by atomic mass is 16.3. The number of aliphatic hydroxyl groups is 1. The fraction of sp³-hybridized carbons (Fsp3) is 1.00. The van der Waals surface area contributed by atoms with Crippen molar-refractivity contribution in [1.82, 2.24) is 10.6 Å². The van der Waals surface area contributed by atoms with Crippen LogP contribution in [0.15, 0.2) is 0 Å². The fourth-order valence-corrected chi connectivity index (χ4v) is 2.97. The zero-order valence-corrected chi connectivity index (χ0v) is 9.54. The molecule has 88 valence electrons. The summed E-state index contributed by atoms with van der Waals surface area (Å²) in [5.74, 6) is 1.30. The molecule has 2 atom stereocenters. The van der Waals surface area contributed by atoms with Crippen molar-refractivity contribution in [3.8, 4) is 0 Å². The van der Waals surface area contributed by atoms with E-state index in [0.717, 1.165) is 25.6 Å². The van der Waals surface area contributed by atoms with Gasteiger partial charge in [0.15, 0.2) is 0 Å². The van der Waals surface area contributed by atoms with Crippen molar-refractivity contribution in [2.75, 3.05) is 26.2 Å². The van der Waals surface area contributed by atoms with Crippen molar-refractivity contribution in [2.45, 2.75) is 38.1 Å². The molecule has 1 saturated heterocycles. The van der Waals surface area contributed by atoms with Crippen molar-refractivity contribution < 1.29 is 5.11 Å². The van der Waals surface area contributed by atoms with Crippen LogP contribution in [0.25, 0.3) is 0 Å². The lowest BCUT2D eigenvalue weighted by atomic mass is 9.96. The largest absolute Gasteiger partial charge is 0.396 e. The molecule has 0 spiro atoms. The first kappa shape index (κ1) is 11.4. The van der Waals surface area contributed by atoms with Crippen LogP contribution in [0.1, 0.15) is 32.1 Å². The van der Waals surface area contributed by atoms with E-state index >= 15 is 0 Å². The molecular formula is C12H24N2O. The summed E-state index contributed by atoms with van der Waals surface area (Å²) in [6.45, 7) is 3.83. The van der Waals surface area contributed by atoms with E-state index in [4.69, 9.17) is 0 Å². The molecule has 1 aliphatic carbocycles. The molecule has 2 rings (SSSR count). The zero-order valence-electron chi connectivity index (χ0n) is 9.54. The van der Waals surface area contributed by atoms with Crippen LogP contribution in [0.3, 0.4) is 0 Å². The molecule has 3 heteroatoms. The Balaban J connectivity index is 1.67. The van der Waals surface area contributed by atoms with E-state index in [1.54, 1.807) is 0 Å². The van der Waals surface area contributed by atoms with Crippen LogP contribution >= 0.6 is 0 Å². The lowest BCUT2D eigenvalue weighted by molar-refractivity contribution is 0.188. The van der Waals surface area contributed by atoms with E-state index in [1.165, 1.54) is 32.1 Å². The summed E-state index contributed by atoms with van der Waals surface area (Å²) < 4.78 is 0. The topological polar surface area (TPSA) is 44.3 Å². The lowest BCUT2D eigenvalue weighted by Gasteiger charge is -2.26. The smallest absolute Gasteiger partial charge is 0.0462 e. The minimum Gasteiger partial charge on any atom is -0.396 e. The number of hydrogen-bond acceptors (Lipinski definition) is 3. The number of rotatable bonds is 4. The monoisotopic (exact) mass is 212 g/mol. The van der Waals surface area contributed by atoms with Gasteiger partial charge in [-0.1, -0.05) is 6.42 Å². The number of aliphatic hydroxyl groups excluding tert-OH is 1. The average molecular weight is 212 g/mol. The maximum Gasteiger partial charge on any atom is 0.0462 e. The van der Waals surface area contributed by atoms with Gasteiger partial charge in [0, 0.05) is 12.6 Å². The van der Waals surface area contributed by atoms with Crippen LogP contribution < -0.4 is 10.6 Å². The van der Waals surface area contributed by atoms with E-state index in [0.29, 0.717) is 18.6 Å². The molecule has 15 heavy (non-hydrogen) atoms. The molecule has 1 aliphatic heterocycles. The number of piperidine rings is 1. The van der Waals surface area contributed by atoms with Gasteiger partial charge in [-0.15, -0.1) is 0 Å². The van der Waals surface area contributed by atoms with Crippen LogP contribution in [-0.4, -0.2) is 37.4 Å². The van der Waals surface area contributed by atoms with Gasteiger partial charge in [-0.05, 0) is 57.2 Å². The predicted octanol–water partition coefficient (Wildman–Crippen LogP) is 0.737. The van der Waals surface area contributed by atoms with Crippen LogP contribution in [0.2, 0.25) is 0 Å². The van der Waals surface area contributed by atoms with Crippen molar-refractivity contribution in [3.05, 3.63) is 0 Å². The molecule has 0 aromatic rings. The quantitative estimate of drug-likeness (QED) is 0.644. The normalized spacial score (nSPS) is 33.4. The van der Waals surface area contributed by atoms with Crippen LogP contribution in [-0.2, 0) is 0 Å². The van der Waals surface area contributed by atoms with Crippen molar-refractivity contribution in [2.24, 2.45) is 11.8 Å². The summed E-state index contributed by atoms with van der Waals surface area (Å²) in [4.78, 5) is 0. The van der Waals surface area contributed by atoms with E-state index in [9.17, 15) is 5.11 Å². The highest BCUT2D eigenvalue weighted by molar-refractivity contribution is 4.81. The van der Waals surface area contributed by atoms with Crippen LogP contribution in [0, 0.1) is 11.8 Å². The second-order valence-corrected chi connectivity index (χ2v) is 5.07. The molecule has 2 aliphatic rings. The van der Waals surface area contributed by atoms with Crippen molar-refractivity contribution in [1.29, 1.82) is 0 Å². The summed E-state index contributed by atoms with van der Waals surface area (Å²) in [5, 5.41) is 16.3. The molecule has 3 nitrogen and oxygen atoms in total. The van der Waals surface area contributed by atoms with Gasteiger partial charge in [0.05, 0.1) is 0 Å². The Morgan fingerprint density at radius 2 is 1.80 bits per heavy atom. The molecule has 0 bridgehead atoms. The van der Waals surface area contributed by atoms with E-state index in [2.05, 4.69) is 10.6 Å². The second kappa shape index (κ2) is 5.83. The molecule has 0 amide bonds. The molecule has 0 aromatic carbocycles. The third-order valence-electron chi connectivity index (χ3n) is 4.06.